The summed E-state index contributed by atoms with van der Waals surface area (Å²) in [5, 5.41) is 0. The second-order valence-corrected chi connectivity index (χ2v) is 3.22. The Kier molecular flexibility index (Phi) is 21.8. The van der Waals surface area contributed by atoms with Crippen LogP contribution in [0.2, 0.25) is 0 Å². The van der Waals surface area contributed by atoms with Crippen molar-refractivity contribution in [2.45, 2.75) is 51.4 Å². The fourth-order valence-corrected chi connectivity index (χ4v) is 1.26. The van der Waals surface area contributed by atoms with Crippen molar-refractivity contribution in [3.63, 3.8) is 0 Å². The molecule has 0 saturated heterocycles. The number of hydrogen-bond acceptors (Lipinski definition) is 2. The molecule has 0 unspecified atom stereocenters. The van der Waals surface area contributed by atoms with Crippen LogP contribution in [0.3, 0.4) is 0 Å². The summed E-state index contributed by atoms with van der Waals surface area (Å²) in [4.78, 5) is 9.97. The smallest absolute Gasteiger partial charge is 0.119 e. The quantitative estimate of drug-likeness (QED) is 0.369. The van der Waals surface area contributed by atoms with E-state index in [1.165, 1.54) is 38.5 Å². The van der Waals surface area contributed by atoms with E-state index in [-0.39, 0.29) is 0 Å². The zero-order chi connectivity index (χ0) is 11.1. The van der Waals surface area contributed by atoms with Gasteiger partial charge in [-0.05, 0) is 19.4 Å². The Balaban J connectivity index is 0. The molecule has 0 rings (SSSR count). The van der Waals surface area contributed by atoms with E-state index >= 15 is 0 Å². The van der Waals surface area contributed by atoms with Gasteiger partial charge in [0.1, 0.15) is 6.29 Å². The molecule has 0 aromatic rings. The Hall–Kier alpha value is -0.0800. The molecule has 0 aliphatic carbocycles. The van der Waals surface area contributed by atoms with E-state index in [1.807, 2.05) is 0 Å². The van der Waals surface area contributed by atoms with E-state index in [1.54, 1.807) is 0 Å². The summed E-state index contributed by atoms with van der Waals surface area (Å²) in [6.45, 7) is 0.825. The van der Waals surface area contributed by atoms with Gasteiger partial charge in [-0.25, -0.2) is 0 Å². The van der Waals surface area contributed by atoms with Crippen LogP contribution in [0.1, 0.15) is 51.4 Å². The van der Waals surface area contributed by atoms with Crippen molar-refractivity contribution in [3.05, 3.63) is 0 Å². The first-order valence-corrected chi connectivity index (χ1v) is 6.19. The van der Waals surface area contributed by atoms with Crippen LogP contribution in [-0.4, -0.2) is 19.2 Å². The summed E-state index contributed by atoms with van der Waals surface area (Å²) in [6, 6.07) is 0. The predicted molar refractivity (Wildman–Crippen MR) is 63.8 cm³/mol. The first-order chi connectivity index (χ1) is 6.91. The van der Waals surface area contributed by atoms with Gasteiger partial charge in [0.05, 0.1) is 0 Å². The van der Waals surface area contributed by atoms with Gasteiger partial charge in [0.2, 0.25) is 0 Å². The van der Waals surface area contributed by atoms with E-state index in [4.69, 9.17) is 5.73 Å². The first kappa shape index (κ1) is 16.4. The van der Waals surface area contributed by atoms with Crippen LogP contribution in [0.5, 0.6) is 0 Å². The summed E-state index contributed by atoms with van der Waals surface area (Å²) in [5.41, 5.74) is 5.37. The number of unbranched alkanes of at least 4 members (excludes halogenated alkanes) is 7. The van der Waals surface area contributed by atoms with Gasteiger partial charge in [-0.1, -0.05) is 32.1 Å². The first-order valence-electron chi connectivity index (χ1n) is 5.43. The van der Waals surface area contributed by atoms with Crippen molar-refractivity contribution in [2.24, 2.45) is 5.73 Å². The van der Waals surface area contributed by atoms with Crippen LogP contribution >= 0.6 is 11.6 Å². The molecule has 0 aliphatic heterocycles. The zero-order valence-corrected chi connectivity index (χ0v) is 10.1. The third-order valence-electron chi connectivity index (χ3n) is 2.03. The van der Waals surface area contributed by atoms with Crippen LogP contribution in [0.4, 0.5) is 0 Å². The minimum atomic E-state index is 0.739. The fourth-order valence-electron chi connectivity index (χ4n) is 1.26. The highest BCUT2D eigenvalue weighted by Gasteiger charge is 1.90. The van der Waals surface area contributed by atoms with Gasteiger partial charge in [-0.3, -0.25) is 0 Å². The van der Waals surface area contributed by atoms with Crippen LogP contribution < -0.4 is 5.73 Å². The molecule has 3 heteroatoms. The zero-order valence-electron chi connectivity index (χ0n) is 9.30. The van der Waals surface area contributed by atoms with Crippen molar-refractivity contribution in [1.82, 2.24) is 0 Å². The summed E-state index contributed by atoms with van der Waals surface area (Å²) >= 11 is 4.64. The van der Waals surface area contributed by atoms with Gasteiger partial charge in [0.25, 0.3) is 0 Å². The second kappa shape index (κ2) is 18.7. The average Bonchev–Trinajstić information content (AvgIpc) is 2.25. The molecule has 2 N–H and O–H groups in total. The number of nitrogens with two attached hydrogens (primary N) is 1. The molecule has 0 fully saturated rings. The summed E-state index contributed by atoms with van der Waals surface area (Å²) in [5.74, 6) is 0. The third-order valence-corrected chi connectivity index (χ3v) is 2.03. The molecule has 14 heavy (non-hydrogen) atoms. The molecule has 0 saturated carbocycles. The molecule has 0 radical (unpaired) electrons. The number of carbonyl (C=O) groups excluding carboxylic acids is 1. The molecular formula is C11H24ClNO. The number of hydrogen-bond donors (Lipinski definition) is 1. The van der Waals surface area contributed by atoms with E-state index < -0.39 is 0 Å². The minimum absolute atomic E-state index is 0.739. The molecule has 86 valence electrons. The Morgan fingerprint density at radius 1 is 0.929 bits per heavy atom. The molecule has 0 atom stereocenters. The lowest BCUT2D eigenvalue weighted by Gasteiger charge is -1.98. The Labute approximate surface area is 93.2 Å². The molecule has 0 spiro atoms. The van der Waals surface area contributed by atoms with Gasteiger partial charge < -0.3 is 10.5 Å². The highest BCUT2D eigenvalue weighted by molar-refractivity contribution is 6.15. The topological polar surface area (TPSA) is 43.1 Å². The van der Waals surface area contributed by atoms with Gasteiger partial charge in [-0.15, -0.1) is 11.6 Å². The van der Waals surface area contributed by atoms with E-state index in [0.717, 1.165) is 32.1 Å². The van der Waals surface area contributed by atoms with Gasteiger partial charge in [0, 0.05) is 12.8 Å². The fraction of sp³-hybridized carbons (Fsp3) is 0.909. The summed E-state index contributed by atoms with van der Waals surface area (Å²) in [6.07, 6.45) is 11.8. The SMILES string of the molecule is CCl.NCCCCCCCCCC=O. The van der Waals surface area contributed by atoms with Crippen molar-refractivity contribution < 1.29 is 4.79 Å². The normalized spacial score (nSPS) is 9.07. The van der Waals surface area contributed by atoms with Gasteiger partial charge in [0.15, 0.2) is 0 Å². The maximum atomic E-state index is 9.97. The van der Waals surface area contributed by atoms with Crippen molar-refractivity contribution in [3.8, 4) is 0 Å². The van der Waals surface area contributed by atoms with E-state index in [0.29, 0.717) is 0 Å². The number of alkyl halides is 1. The highest BCUT2D eigenvalue weighted by Crippen LogP contribution is 2.07. The average molecular weight is 222 g/mol. The summed E-state index contributed by atoms with van der Waals surface area (Å²) < 4.78 is 0. The molecule has 0 amide bonds. The lowest BCUT2D eigenvalue weighted by atomic mass is 10.1. The van der Waals surface area contributed by atoms with Crippen LogP contribution in [-0.2, 0) is 4.79 Å². The maximum absolute atomic E-state index is 9.97. The van der Waals surface area contributed by atoms with Crippen molar-refractivity contribution in [1.29, 1.82) is 0 Å². The van der Waals surface area contributed by atoms with Crippen molar-refractivity contribution in [2.75, 3.05) is 12.9 Å². The molecular weight excluding hydrogens is 198 g/mol. The van der Waals surface area contributed by atoms with Crippen LogP contribution in [0.25, 0.3) is 0 Å². The van der Waals surface area contributed by atoms with E-state index in [9.17, 15) is 4.79 Å². The Bertz CT molecular complexity index is 99.3. The summed E-state index contributed by atoms with van der Waals surface area (Å²) in [7, 11) is 0. The van der Waals surface area contributed by atoms with Gasteiger partial charge in [-0.2, -0.15) is 0 Å². The largest absolute Gasteiger partial charge is 0.330 e. The molecule has 0 aromatic carbocycles. The molecule has 0 aliphatic rings. The monoisotopic (exact) mass is 221 g/mol. The molecule has 0 heterocycles. The van der Waals surface area contributed by atoms with Gasteiger partial charge >= 0.3 is 0 Å². The Morgan fingerprint density at radius 3 is 1.79 bits per heavy atom. The Morgan fingerprint density at radius 2 is 1.36 bits per heavy atom. The molecule has 0 bridgehead atoms. The number of halogens is 1. The van der Waals surface area contributed by atoms with Crippen LogP contribution in [0.15, 0.2) is 0 Å². The molecule has 0 aromatic heterocycles. The van der Waals surface area contributed by atoms with Crippen molar-refractivity contribution >= 4 is 17.9 Å². The standard InChI is InChI=1S/C10H21NO.CH3Cl/c11-9-7-5-3-1-2-4-6-8-10-12;1-2/h10H,1-9,11H2;1H3. The van der Waals surface area contributed by atoms with E-state index in [2.05, 4.69) is 11.6 Å². The lowest BCUT2D eigenvalue weighted by Crippen LogP contribution is -1.97. The third kappa shape index (κ3) is 17.9. The number of rotatable bonds is 9. The highest BCUT2D eigenvalue weighted by atomic mass is 35.5. The predicted octanol–water partition coefficient (Wildman–Crippen LogP) is 3.12. The molecule has 2 nitrogen and oxygen atoms in total. The minimum Gasteiger partial charge on any atom is -0.330 e. The maximum Gasteiger partial charge on any atom is 0.119 e. The van der Waals surface area contributed by atoms with Crippen LogP contribution in [0, 0.1) is 0 Å². The number of carbonyl (C=O) groups is 1. The lowest BCUT2D eigenvalue weighted by molar-refractivity contribution is -0.107. The second-order valence-electron chi connectivity index (χ2n) is 3.22. The number of aldehydes is 1.